The highest BCUT2D eigenvalue weighted by atomic mass is 16.7. The molecule has 0 aliphatic carbocycles. The van der Waals surface area contributed by atoms with Gasteiger partial charge in [-0.1, -0.05) is 6.07 Å². The predicted molar refractivity (Wildman–Crippen MR) is 75.5 cm³/mol. The normalized spacial score (nSPS) is 12.5. The molecular formula is C15H16N2O2. The van der Waals surface area contributed by atoms with E-state index in [-0.39, 0.29) is 0 Å². The molecule has 1 heterocycles. The summed E-state index contributed by atoms with van der Waals surface area (Å²) in [6.07, 6.45) is 0. The monoisotopic (exact) mass is 256 g/mol. The molecule has 19 heavy (non-hydrogen) atoms. The second-order valence-electron chi connectivity index (χ2n) is 4.64. The first-order valence-electron chi connectivity index (χ1n) is 6.17. The number of hydrogen-bond donors (Lipinski definition) is 1. The van der Waals surface area contributed by atoms with Crippen LogP contribution in [0.3, 0.4) is 0 Å². The van der Waals surface area contributed by atoms with Crippen molar-refractivity contribution < 1.29 is 9.47 Å². The molecule has 2 aromatic rings. The Morgan fingerprint density at radius 3 is 2.58 bits per heavy atom. The fourth-order valence-electron chi connectivity index (χ4n) is 2.13. The Kier molecular flexibility index (Phi) is 2.91. The van der Waals surface area contributed by atoms with Crippen molar-refractivity contribution in [1.82, 2.24) is 0 Å². The second kappa shape index (κ2) is 4.72. The number of nitrogen functional groups attached to an aromatic ring is 1. The summed E-state index contributed by atoms with van der Waals surface area (Å²) in [4.78, 5) is 2.16. The maximum Gasteiger partial charge on any atom is 0.231 e. The molecule has 1 aliphatic heterocycles. The van der Waals surface area contributed by atoms with Crippen LogP contribution in [0.15, 0.2) is 42.5 Å². The maximum absolute atomic E-state index is 5.69. The second-order valence-corrected chi connectivity index (χ2v) is 4.64. The Labute approximate surface area is 112 Å². The van der Waals surface area contributed by atoms with Crippen molar-refractivity contribution in [2.45, 2.75) is 6.54 Å². The number of benzene rings is 2. The van der Waals surface area contributed by atoms with Crippen LogP contribution in [0, 0.1) is 0 Å². The number of fused-ring (bicyclic) bond motifs is 1. The fourth-order valence-corrected chi connectivity index (χ4v) is 2.13. The van der Waals surface area contributed by atoms with Gasteiger partial charge in [-0.05, 0) is 42.0 Å². The maximum atomic E-state index is 5.69. The lowest BCUT2D eigenvalue weighted by atomic mass is 10.2. The molecule has 4 nitrogen and oxygen atoms in total. The molecule has 4 heteroatoms. The largest absolute Gasteiger partial charge is 0.454 e. The Morgan fingerprint density at radius 1 is 1.05 bits per heavy atom. The van der Waals surface area contributed by atoms with Crippen molar-refractivity contribution >= 4 is 11.4 Å². The minimum absolute atomic E-state index is 0.312. The lowest BCUT2D eigenvalue weighted by Gasteiger charge is -2.19. The molecule has 0 amide bonds. The molecule has 3 rings (SSSR count). The van der Waals surface area contributed by atoms with E-state index >= 15 is 0 Å². The molecule has 0 unspecified atom stereocenters. The topological polar surface area (TPSA) is 47.7 Å². The van der Waals surface area contributed by atoms with Gasteiger partial charge in [0.25, 0.3) is 0 Å². The summed E-state index contributed by atoms with van der Waals surface area (Å²) in [5.74, 6) is 1.64. The van der Waals surface area contributed by atoms with Gasteiger partial charge >= 0.3 is 0 Å². The first-order chi connectivity index (χ1) is 9.22. The highest BCUT2D eigenvalue weighted by Crippen LogP contribution is 2.33. The first kappa shape index (κ1) is 11.7. The lowest BCUT2D eigenvalue weighted by Crippen LogP contribution is -2.16. The highest BCUT2D eigenvalue weighted by Gasteiger charge is 2.13. The van der Waals surface area contributed by atoms with E-state index in [2.05, 4.69) is 18.0 Å². The number of nitrogens with zero attached hydrogens (tertiary/aromatic N) is 1. The van der Waals surface area contributed by atoms with E-state index in [1.165, 1.54) is 5.56 Å². The molecule has 0 radical (unpaired) electrons. The average Bonchev–Trinajstić information content (AvgIpc) is 2.87. The first-order valence-corrected chi connectivity index (χ1v) is 6.17. The predicted octanol–water partition coefficient (Wildman–Crippen LogP) is 2.63. The molecule has 0 bridgehead atoms. The molecular weight excluding hydrogens is 240 g/mol. The van der Waals surface area contributed by atoms with Gasteiger partial charge in [0, 0.05) is 25.0 Å². The van der Waals surface area contributed by atoms with Gasteiger partial charge in [-0.3, -0.25) is 0 Å². The van der Waals surface area contributed by atoms with Crippen LogP contribution in [0.1, 0.15) is 5.56 Å². The summed E-state index contributed by atoms with van der Waals surface area (Å²) in [6, 6.07) is 13.9. The minimum atomic E-state index is 0.312. The van der Waals surface area contributed by atoms with E-state index in [4.69, 9.17) is 15.2 Å². The Hall–Kier alpha value is -2.36. The van der Waals surface area contributed by atoms with Gasteiger partial charge in [-0.2, -0.15) is 0 Å². The number of ether oxygens (including phenoxy) is 2. The minimum Gasteiger partial charge on any atom is -0.454 e. The van der Waals surface area contributed by atoms with Crippen LogP contribution in [0.5, 0.6) is 11.5 Å². The van der Waals surface area contributed by atoms with E-state index in [1.807, 2.05) is 36.4 Å². The average molecular weight is 256 g/mol. The summed E-state index contributed by atoms with van der Waals surface area (Å²) in [6.45, 7) is 1.12. The van der Waals surface area contributed by atoms with E-state index < -0.39 is 0 Å². The molecule has 0 spiro atoms. The Morgan fingerprint density at radius 2 is 1.79 bits per heavy atom. The van der Waals surface area contributed by atoms with Crippen molar-refractivity contribution in [1.29, 1.82) is 0 Å². The van der Waals surface area contributed by atoms with Crippen LogP contribution in [0.25, 0.3) is 0 Å². The molecule has 98 valence electrons. The standard InChI is InChI=1S/C15H16N2O2/c1-17(13-5-3-12(16)4-6-13)9-11-2-7-14-15(8-11)19-10-18-14/h2-8H,9-10,16H2,1H3. The van der Waals surface area contributed by atoms with Crippen molar-refractivity contribution in [3.05, 3.63) is 48.0 Å². The van der Waals surface area contributed by atoms with Gasteiger partial charge in [0.1, 0.15) is 0 Å². The zero-order valence-corrected chi connectivity index (χ0v) is 10.8. The third-order valence-corrected chi connectivity index (χ3v) is 3.19. The van der Waals surface area contributed by atoms with Gasteiger partial charge in [0.2, 0.25) is 6.79 Å². The van der Waals surface area contributed by atoms with Crippen molar-refractivity contribution in [3.8, 4) is 11.5 Å². The third-order valence-electron chi connectivity index (χ3n) is 3.19. The van der Waals surface area contributed by atoms with Gasteiger partial charge < -0.3 is 20.1 Å². The van der Waals surface area contributed by atoms with Gasteiger partial charge in [-0.25, -0.2) is 0 Å². The summed E-state index contributed by atoms with van der Waals surface area (Å²) < 4.78 is 10.7. The van der Waals surface area contributed by atoms with E-state index in [0.29, 0.717) is 6.79 Å². The molecule has 2 N–H and O–H groups in total. The van der Waals surface area contributed by atoms with Crippen molar-refractivity contribution in [2.75, 3.05) is 24.5 Å². The summed E-state index contributed by atoms with van der Waals surface area (Å²) in [7, 11) is 2.05. The quantitative estimate of drug-likeness (QED) is 0.858. The van der Waals surface area contributed by atoms with Crippen LogP contribution in [0.4, 0.5) is 11.4 Å². The SMILES string of the molecule is CN(Cc1ccc2c(c1)OCO2)c1ccc(N)cc1. The highest BCUT2D eigenvalue weighted by molar-refractivity contribution is 5.53. The van der Waals surface area contributed by atoms with Gasteiger partial charge in [0.15, 0.2) is 11.5 Å². The van der Waals surface area contributed by atoms with Gasteiger partial charge in [-0.15, -0.1) is 0 Å². The number of rotatable bonds is 3. The number of hydrogen-bond acceptors (Lipinski definition) is 4. The zero-order valence-electron chi connectivity index (χ0n) is 10.8. The Balaban J connectivity index is 1.75. The Bertz CT molecular complexity index is 581. The van der Waals surface area contributed by atoms with Crippen LogP contribution in [-0.4, -0.2) is 13.8 Å². The van der Waals surface area contributed by atoms with E-state index in [1.54, 1.807) is 0 Å². The lowest BCUT2D eigenvalue weighted by molar-refractivity contribution is 0.174. The molecule has 1 aliphatic rings. The van der Waals surface area contributed by atoms with Crippen molar-refractivity contribution in [3.63, 3.8) is 0 Å². The summed E-state index contributed by atoms with van der Waals surface area (Å²) in [5.41, 5.74) is 8.79. The van der Waals surface area contributed by atoms with Crippen LogP contribution < -0.4 is 20.1 Å². The number of anilines is 2. The molecule has 2 aromatic carbocycles. The van der Waals surface area contributed by atoms with Crippen LogP contribution >= 0.6 is 0 Å². The van der Waals surface area contributed by atoms with Gasteiger partial charge in [0.05, 0.1) is 0 Å². The molecule has 0 aromatic heterocycles. The molecule has 0 fully saturated rings. The van der Waals surface area contributed by atoms with Crippen LogP contribution in [0.2, 0.25) is 0 Å². The molecule has 0 atom stereocenters. The smallest absolute Gasteiger partial charge is 0.231 e. The van der Waals surface area contributed by atoms with Crippen LogP contribution in [-0.2, 0) is 6.54 Å². The zero-order chi connectivity index (χ0) is 13.2. The number of nitrogens with two attached hydrogens (primary N) is 1. The third kappa shape index (κ3) is 2.42. The van der Waals surface area contributed by atoms with E-state index in [0.717, 1.165) is 29.4 Å². The fraction of sp³-hybridized carbons (Fsp3) is 0.200. The summed E-state index contributed by atoms with van der Waals surface area (Å²) >= 11 is 0. The van der Waals surface area contributed by atoms with Crippen molar-refractivity contribution in [2.24, 2.45) is 0 Å². The molecule has 0 saturated heterocycles. The summed E-state index contributed by atoms with van der Waals surface area (Å²) in [5, 5.41) is 0. The molecule has 0 saturated carbocycles. The van der Waals surface area contributed by atoms with E-state index in [9.17, 15) is 0 Å².